The molecule has 1 aliphatic rings. The summed E-state index contributed by atoms with van der Waals surface area (Å²) < 4.78 is 47.1. The minimum absolute atomic E-state index is 0.0244. The number of amides is 1. The van der Waals surface area contributed by atoms with E-state index in [1.807, 2.05) is 13.8 Å². The van der Waals surface area contributed by atoms with Crippen LogP contribution in [0.1, 0.15) is 30.6 Å². The SMILES string of the molecule is COc1ccc(C(=O)Nc2ccccc2F)cc1S(=O)(=O)N1CC(C)CC(C)C1. The Bertz CT molecular complexity index is 999. The van der Waals surface area contributed by atoms with Crippen molar-refractivity contribution in [3.63, 3.8) is 0 Å². The van der Waals surface area contributed by atoms with Gasteiger partial charge in [0.05, 0.1) is 12.8 Å². The second-order valence-corrected chi connectivity index (χ2v) is 9.47. The molecule has 0 spiro atoms. The maximum absolute atomic E-state index is 13.8. The van der Waals surface area contributed by atoms with Crippen LogP contribution in [0.2, 0.25) is 0 Å². The number of sulfonamides is 1. The highest BCUT2D eigenvalue weighted by atomic mass is 32.2. The molecule has 8 heteroatoms. The average molecular weight is 421 g/mol. The number of hydrogen-bond donors (Lipinski definition) is 1. The van der Waals surface area contributed by atoms with E-state index in [-0.39, 0.29) is 33.7 Å². The molecule has 1 saturated heterocycles. The van der Waals surface area contributed by atoms with Crippen molar-refractivity contribution in [2.24, 2.45) is 11.8 Å². The number of nitrogens with zero attached hydrogens (tertiary/aromatic N) is 1. The zero-order chi connectivity index (χ0) is 21.2. The van der Waals surface area contributed by atoms with Gasteiger partial charge in [-0.3, -0.25) is 4.79 Å². The van der Waals surface area contributed by atoms with Gasteiger partial charge < -0.3 is 10.1 Å². The number of piperidine rings is 1. The topological polar surface area (TPSA) is 75.7 Å². The van der Waals surface area contributed by atoms with Crippen LogP contribution >= 0.6 is 0 Å². The third-order valence-corrected chi connectivity index (χ3v) is 6.85. The van der Waals surface area contributed by atoms with Gasteiger partial charge in [0.25, 0.3) is 5.91 Å². The first-order chi connectivity index (χ1) is 13.7. The lowest BCUT2D eigenvalue weighted by molar-refractivity contribution is 0.102. The summed E-state index contributed by atoms with van der Waals surface area (Å²) in [5.41, 5.74) is 0.127. The molecule has 1 amide bonds. The fraction of sp³-hybridized carbons (Fsp3) is 0.381. The first-order valence-electron chi connectivity index (χ1n) is 9.46. The normalized spacial score (nSPS) is 20.3. The van der Waals surface area contributed by atoms with Crippen molar-refractivity contribution in [2.75, 3.05) is 25.5 Å². The van der Waals surface area contributed by atoms with Crippen molar-refractivity contribution in [3.8, 4) is 5.75 Å². The molecule has 0 aliphatic carbocycles. The van der Waals surface area contributed by atoms with Crippen LogP contribution in [0.5, 0.6) is 5.75 Å². The van der Waals surface area contributed by atoms with Crippen molar-refractivity contribution in [3.05, 3.63) is 53.8 Å². The van der Waals surface area contributed by atoms with Crippen LogP contribution < -0.4 is 10.1 Å². The average Bonchev–Trinajstić information content (AvgIpc) is 2.68. The van der Waals surface area contributed by atoms with Gasteiger partial charge in [-0.2, -0.15) is 4.31 Å². The summed E-state index contributed by atoms with van der Waals surface area (Å²) in [7, 11) is -2.47. The fourth-order valence-electron chi connectivity index (χ4n) is 3.72. The van der Waals surface area contributed by atoms with E-state index in [1.54, 1.807) is 6.07 Å². The van der Waals surface area contributed by atoms with E-state index in [0.717, 1.165) is 6.42 Å². The van der Waals surface area contributed by atoms with Crippen LogP contribution in [-0.4, -0.2) is 38.8 Å². The Morgan fingerprint density at radius 3 is 2.41 bits per heavy atom. The Labute approximate surface area is 170 Å². The Balaban J connectivity index is 1.94. The monoisotopic (exact) mass is 420 g/mol. The van der Waals surface area contributed by atoms with Gasteiger partial charge in [-0.25, -0.2) is 12.8 Å². The van der Waals surface area contributed by atoms with Gasteiger partial charge in [0.2, 0.25) is 10.0 Å². The predicted octanol–water partition coefficient (Wildman–Crippen LogP) is 3.75. The molecule has 1 aliphatic heterocycles. The van der Waals surface area contributed by atoms with E-state index in [0.29, 0.717) is 13.1 Å². The lowest BCUT2D eigenvalue weighted by atomic mass is 9.94. The smallest absolute Gasteiger partial charge is 0.255 e. The zero-order valence-corrected chi connectivity index (χ0v) is 17.5. The molecule has 2 unspecified atom stereocenters. The molecule has 0 aromatic heterocycles. The maximum Gasteiger partial charge on any atom is 0.255 e. The molecular weight excluding hydrogens is 395 g/mol. The number of halogens is 1. The van der Waals surface area contributed by atoms with Gasteiger partial charge >= 0.3 is 0 Å². The third kappa shape index (κ3) is 4.59. The summed E-state index contributed by atoms with van der Waals surface area (Å²) in [5, 5.41) is 2.47. The number of carbonyl (C=O) groups is 1. The number of ether oxygens (including phenoxy) is 1. The van der Waals surface area contributed by atoms with E-state index in [1.165, 1.54) is 47.8 Å². The number of rotatable bonds is 5. The van der Waals surface area contributed by atoms with Crippen molar-refractivity contribution < 1.29 is 22.3 Å². The Hall–Kier alpha value is -2.45. The number of nitrogens with one attached hydrogen (secondary N) is 1. The van der Waals surface area contributed by atoms with Crippen LogP contribution in [0.3, 0.4) is 0 Å². The summed E-state index contributed by atoms with van der Waals surface area (Å²) in [4.78, 5) is 12.5. The number of hydrogen-bond acceptors (Lipinski definition) is 4. The number of anilines is 1. The molecule has 2 aromatic carbocycles. The van der Waals surface area contributed by atoms with Crippen molar-refractivity contribution in [1.82, 2.24) is 4.31 Å². The largest absolute Gasteiger partial charge is 0.495 e. The standard InChI is InChI=1S/C21H25FN2O4S/c1-14-10-15(2)13-24(12-14)29(26,27)20-11-16(8-9-19(20)28-3)21(25)23-18-7-5-4-6-17(18)22/h4-9,11,14-15H,10,12-13H2,1-3H3,(H,23,25). The Kier molecular flexibility index (Phi) is 6.24. The summed E-state index contributed by atoms with van der Waals surface area (Å²) in [6.45, 7) is 4.88. The summed E-state index contributed by atoms with van der Waals surface area (Å²) in [6, 6.07) is 9.97. The molecule has 0 saturated carbocycles. The molecule has 0 radical (unpaired) electrons. The molecule has 3 rings (SSSR count). The lowest BCUT2D eigenvalue weighted by Gasteiger charge is -2.34. The molecule has 156 valence electrons. The molecule has 1 N–H and O–H groups in total. The zero-order valence-electron chi connectivity index (χ0n) is 16.7. The second kappa shape index (κ2) is 8.51. The maximum atomic E-state index is 13.8. The minimum Gasteiger partial charge on any atom is -0.495 e. The summed E-state index contributed by atoms with van der Waals surface area (Å²) >= 11 is 0. The van der Waals surface area contributed by atoms with Crippen LogP contribution in [0.4, 0.5) is 10.1 Å². The Morgan fingerprint density at radius 1 is 1.14 bits per heavy atom. The molecule has 6 nitrogen and oxygen atoms in total. The van der Waals surface area contributed by atoms with E-state index in [4.69, 9.17) is 4.74 Å². The molecule has 2 atom stereocenters. The highest BCUT2D eigenvalue weighted by molar-refractivity contribution is 7.89. The molecule has 2 aromatic rings. The summed E-state index contributed by atoms with van der Waals surface area (Å²) in [6.07, 6.45) is 0.967. The van der Waals surface area contributed by atoms with Gasteiger partial charge in [-0.15, -0.1) is 0 Å². The molecular formula is C21H25FN2O4S. The van der Waals surface area contributed by atoms with E-state index in [2.05, 4.69) is 5.32 Å². The predicted molar refractivity (Wildman–Crippen MR) is 109 cm³/mol. The van der Waals surface area contributed by atoms with Crippen LogP contribution in [-0.2, 0) is 10.0 Å². The lowest BCUT2D eigenvalue weighted by Crippen LogP contribution is -2.42. The van der Waals surface area contributed by atoms with E-state index < -0.39 is 21.7 Å². The highest BCUT2D eigenvalue weighted by Gasteiger charge is 2.34. The van der Waals surface area contributed by atoms with Gasteiger partial charge in [0.15, 0.2) is 0 Å². The van der Waals surface area contributed by atoms with Gasteiger partial charge in [-0.05, 0) is 48.6 Å². The third-order valence-electron chi connectivity index (χ3n) is 5.00. The first-order valence-corrected chi connectivity index (χ1v) is 10.9. The van der Waals surface area contributed by atoms with Gasteiger partial charge in [0.1, 0.15) is 16.5 Å². The van der Waals surface area contributed by atoms with Crippen LogP contribution in [0.25, 0.3) is 0 Å². The van der Waals surface area contributed by atoms with E-state index in [9.17, 15) is 17.6 Å². The van der Waals surface area contributed by atoms with Crippen molar-refractivity contribution >= 4 is 21.6 Å². The number of para-hydroxylation sites is 1. The molecule has 29 heavy (non-hydrogen) atoms. The van der Waals surface area contributed by atoms with Gasteiger partial charge in [0, 0.05) is 18.7 Å². The second-order valence-electron chi connectivity index (χ2n) is 7.57. The van der Waals surface area contributed by atoms with Crippen LogP contribution in [0, 0.1) is 17.7 Å². The quantitative estimate of drug-likeness (QED) is 0.799. The van der Waals surface area contributed by atoms with Crippen molar-refractivity contribution in [1.29, 1.82) is 0 Å². The van der Waals surface area contributed by atoms with Gasteiger partial charge in [-0.1, -0.05) is 26.0 Å². The van der Waals surface area contributed by atoms with Crippen LogP contribution in [0.15, 0.2) is 47.4 Å². The number of benzene rings is 2. The highest BCUT2D eigenvalue weighted by Crippen LogP contribution is 2.32. The number of carbonyl (C=O) groups excluding carboxylic acids is 1. The summed E-state index contributed by atoms with van der Waals surface area (Å²) in [5.74, 6) is -0.523. The Morgan fingerprint density at radius 2 is 1.79 bits per heavy atom. The molecule has 1 fully saturated rings. The van der Waals surface area contributed by atoms with E-state index >= 15 is 0 Å². The first kappa shape index (κ1) is 21.3. The molecule has 0 bridgehead atoms. The van der Waals surface area contributed by atoms with Crippen molar-refractivity contribution in [2.45, 2.75) is 25.2 Å². The fourth-order valence-corrected chi connectivity index (χ4v) is 5.58. The minimum atomic E-state index is -3.85. The molecule has 1 heterocycles. The number of methoxy groups -OCH3 is 1.